The standard InChI is InChI=1S/C18H17N3O2/c1-12-3-4-14(13(2)9-12)10-20-17-5-6-18(21(22)23)16-11-19-8-7-15(16)17/h3-9,11,20H,10H2,1-2H3. The summed E-state index contributed by atoms with van der Waals surface area (Å²) >= 11 is 0. The third kappa shape index (κ3) is 2.99. The maximum atomic E-state index is 11.1. The molecule has 1 N–H and O–H groups in total. The van der Waals surface area contributed by atoms with Gasteiger partial charge in [0.05, 0.1) is 10.3 Å². The minimum absolute atomic E-state index is 0.0742. The number of aryl methyl sites for hydroxylation is 2. The molecule has 116 valence electrons. The van der Waals surface area contributed by atoms with Gasteiger partial charge in [0.15, 0.2) is 0 Å². The summed E-state index contributed by atoms with van der Waals surface area (Å²) in [6, 6.07) is 11.4. The molecule has 5 nitrogen and oxygen atoms in total. The molecule has 0 saturated carbocycles. The van der Waals surface area contributed by atoms with Crippen LogP contribution in [0.1, 0.15) is 16.7 Å². The summed E-state index contributed by atoms with van der Waals surface area (Å²) in [5.74, 6) is 0. The fourth-order valence-electron chi connectivity index (χ4n) is 2.72. The van der Waals surface area contributed by atoms with E-state index >= 15 is 0 Å². The second-order valence-corrected chi connectivity index (χ2v) is 5.59. The van der Waals surface area contributed by atoms with Crippen molar-refractivity contribution in [3.8, 4) is 0 Å². The molecule has 3 rings (SSSR count). The number of benzene rings is 2. The molecule has 1 aromatic heterocycles. The number of nitro groups is 1. The number of anilines is 1. The van der Waals surface area contributed by atoms with Gasteiger partial charge >= 0.3 is 0 Å². The van der Waals surface area contributed by atoms with Crippen LogP contribution < -0.4 is 5.32 Å². The quantitative estimate of drug-likeness (QED) is 0.574. The predicted octanol–water partition coefficient (Wildman–Crippen LogP) is 4.37. The SMILES string of the molecule is Cc1ccc(CNc2ccc([N+](=O)[O-])c3cnccc23)c(C)c1. The molecular weight excluding hydrogens is 290 g/mol. The Kier molecular flexibility index (Phi) is 3.93. The molecule has 0 aliphatic heterocycles. The molecule has 0 atom stereocenters. The topological polar surface area (TPSA) is 68.1 Å². The van der Waals surface area contributed by atoms with Crippen molar-refractivity contribution in [3.05, 3.63) is 75.6 Å². The molecule has 5 heteroatoms. The van der Waals surface area contributed by atoms with E-state index in [2.05, 4.69) is 42.3 Å². The number of nitrogens with zero attached hydrogens (tertiary/aromatic N) is 2. The van der Waals surface area contributed by atoms with Gasteiger partial charge < -0.3 is 5.32 Å². The number of rotatable bonds is 4. The van der Waals surface area contributed by atoms with E-state index < -0.39 is 0 Å². The van der Waals surface area contributed by atoms with E-state index in [0.29, 0.717) is 11.9 Å². The van der Waals surface area contributed by atoms with Crippen molar-refractivity contribution < 1.29 is 4.92 Å². The Morgan fingerprint density at radius 1 is 1.13 bits per heavy atom. The zero-order chi connectivity index (χ0) is 16.4. The van der Waals surface area contributed by atoms with Crippen LogP contribution in [0.4, 0.5) is 11.4 Å². The van der Waals surface area contributed by atoms with E-state index in [1.807, 2.05) is 0 Å². The largest absolute Gasteiger partial charge is 0.380 e. The summed E-state index contributed by atoms with van der Waals surface area (Å²) in [6.45, 7) is 4.82. The highest BCUT2D eigenvalue weighted by molar-refractivity contribution is 5.99. The van der Waals surface area contributed by atoms with Crippen LogP contribution in [0.25, 0.3) is 10.8 Å². The zero-order valence-electron chi connectivity index (χ0n) is 13.0. The van der Waals surface area contributed by atoms with Gasteiger partial charge in [0.25, 0.3) is 5.69 Å². The molecule has 1 heterocycles. The Morgan fingerprint density at radius 2 is 1.96 bits per heavy atom. The van der Waals surface area contributed by atoms with Gasteiger partial charge in [-0.1, -0.05) is 23.8 Å². The number of hydrogen-bond acceptors (Lipinski definition) is 4. The molecule has 0 fully saturated rings. The summed E-state index contributed by atoms with van der Waals surface area (Å²) in [6.07, 6.45) is 3.18. The van der Waals surface area contributed by atoms with Crippen LogP contribution in [0.15, 0.2) is 48.8 Å². The Bertz CT molecular complexity index is 891. The van der Waals surface area contributed by atoms with E-state index in [4.69, 9.17) is 0 Å². The number of non-ortho nitro benzene ring substituents is 1. The van der Waals surface area contributed by atoms with Crippen LogP contribution in [0.2, 0.25) is 0 Å². The van der Waals surface area contributed by atoms with Crippen LogP contribution in [-0.2, 0) is 6.54 Å². The summed E-state index contributed by atoms with van der Waals surface area (Å²) in [5, 5.41) is 15.9. The Labute approximate surface area is 134 Å². The van der Waals surface area contributed by atoms with Gasteiger partial charge in [-0.2, -0.15) is 0 Å². The van der Waals surface area contributed by atoms with Crippen LogP contribution in [0.3, 0.4) is 0 Å². The molecule has 0 saturated heterocycles. The van der Waals surface area contributed by atoms with Crippen LogP contribution in [-0.4, -0.2) is 9.91 Å². The van der Waals surface area contributed by atoms with Gasteiger partial charge in [0, 0.05) is 36.1 Å². The normalized spacial score (nSPS) is 10.7. The van der Waals surface area contributed by atoms with Crippen molar-refractivity contribution >= 4 is 22.1 Å². The van der Waals surface area contributed by atoms with Crippen LogP contribution in [0, 0.1) is 24.0 Å². The molecule has 0 radical (unpaired) electrons. The monoisotopic (exact) mass is 307 g/mol. The van der Waals surface area contributed by atoms with E-state index in [1.54, 1.807) is 18.3 Å². The van der Waals surface area contributed by atoms with Crippen molar-refractivity contribution in [1.82, 2.24) is 4.98 Å². The summed E-state index contributed by atoms with van der Waals surface area (Å²) < 4.78 is 0. The smallest absolute Gasteiger partial charge is 0.278 e. The molecule has 0 unspecified atom stereocenters. The molecule has 23 heavy (non-hydrogen) atoms. The number of aromatic nitrogens is 1. The molecule has 2 aromatic carbocycles. The van der Waals surface area contributed by atoms with Crippen molar-refractivity contribution in [2.45, 2.75) is 20.4 Å². The second kappa shape index (κ2) is 6.04. The van der Waals surface area contributed by atoms with Crippen LogP contribution >= 0.6 is 0 Å². The predicted molar refractivity (Wildman–Crippen MR) is 91.6 cm³/mol. The van der Waals surface area contributed by atoms with Gasteiger partial charge in [-0.05, 0) is 37.1 Å². The van der Waals surface area contributed by atoms with Crippen molar-refractivity contribution in [1.29, 1.82) is 0 Å². The maximum absolute atomic E-state index is 11.1. The van der Waals surface area contributed by atoms with Gasteiger partial charge in [0.1, 0.15) is 0 Å². The second-order valence-electron chi connectivity index (χ2n) is 5.59. The van der Waals surface area contributed by atoms with Crippen LogP contribution in [0.5, 0.6) is 0 Å². The third-order valence-corrected chi connectivity index (χ3v) is 3.96. The summed E-state index contributed by atoms with van der Waals surface area (Å²) in [7, 11) is 0. The molecule has 0 aliphatic rings. The zero-order valence-corrected chi connectivity index (χ0v) is 13.0. The Balaban J connectivity index is 1.95. The lowest BCUT2D eigenvalue weighted by atomic mass is 10.1. The maximum Gasteiger partial charge on any atom is 0.278 e. The molecule has 0 amide bonds. The van der Waals surface area contributed by atoms with Gasteiger partial charge in [-0.3, -0.25) is 15.1 Å². The van der Waals surface area contributed by atoms with Crippen molar-refractivity contribution in [2.24, 2.45) is 0 Å². The average molecular weight is 307 g/mol. The average Bonchev–Trinajstić information content (AvgIpc) is 2.53. The first-order valence-electron chi connectivity index (χ1n) is 7.37. The van der Waals surface area contributed by atoms with Crippen molar-refractivity contribution in [2.75, 3.05) is 5.32 Å². The highest BCUT2D eigenvalue weighted by Gasteiger charge is 2.14. The van der Waals surface area contributed by atoms with E-state index in [1.165, 1.54) is 29.0 Å². The fourth-order valence-corrected chi connectivity index (χ4v) is 2.72. The van der Waals surface area contributed by atoms with E-state index in [-0.39, 0.29) is 10.6 Å². The number of nitro benzene ring substituents is 1. The Hall–Kier alpha value is -2.95. The lowest BCUT2D eigenvalue weighted by Crippen LogP contribution is -2.03. The number of nitrogens with one attached hydrogen (secondary N) is 1. The first-order chi connectivity index (χ1) is 11.1. The number of fused-ring (bicyclic) bond motifs is 1. The van der Waals surface area contributed by atoms with Gasteiger partial charge in [-0.15, -0.1) is 0 Å². The minimum atomic E-state index is -0.377. The minimum Gasteiger partial charge on any atom is -0.380 e. The fraction of sp³-hybridized carbons (Fsp3) is 0.167. The summed E-state index contributed by atoms with van der Waals surface area (Å²) in [5.41, 5.74) is 4.61. The highest BCUT2D eigenvalue weighted by atomic mass is 16.6. The molecule has 0 aliphatic carbocycles. The lowest BCUT2D eigenvalue weighted by molar-refractivity contribution is -0.383. The molecular formula is C18H17N3O2. The van der Waals surface area contributed by atoms with Gasteiger partial charge in [0.2, 0.25) is 0 Å². The number of pyridine rings is 1. The van der Waals surface area contributed by atoms with E-state index in [0.717, 1.165) is 11.1 Å². The Morgan fingerprint density at radius 3 is 2.70 bits per heavy atom. The third-order valence-electron chi connectivity index (χ3n) is 3.96. The highest BCUT2D eigenvalue weighted by Crippen LogP contribution is 2.31. The molecule has 0 spiro atoms. The molecule has 3 aromatic rings. The number of hydrogen-bond donors (Lipinski definition) is 1. The lowest BCUT2D eigenvalue weighted by Gasteiger charge is -2.12. The first kappa shape index (κ1) is 15.0. The molecule has 0 bridgehead atoms. The van der Waals surface area contributed by atoms with Crippen molar-refractivity contribution in [3.63, 3.8) is 0 Å². The van der Waals surface area contributed by atoms with Gasteiger partial charge in [-0.25, -0.2) is 0 Å². The summed E-state index contributed by atoms with van der Waals surface area (Å²) in [4.78, 5) is 14.8. The first-order valence-corrected chi connectivity index (χ1v) is 7.37. The van der Waals surface area contributed by atoms with E-state index in [9.17, 15) is 10.1 Å².